The Labute approximate surface area is 211 Å². The molecule has 0 unspecified atom stereocenters. The number of hydrogen-bond acceptors (Lipinski definition) is 8. The molecule has 12 heteroatoms. The number of aliphatic hydroxyl groups excluding tert-OH is 1. The van der Waals surface area contributed by atoms with Crippen LogP contribution in [0.1, 0.15) is 45.8 Å². The van der Waals surface area contributed by atoms with Crippen molar-refractivity contribution in [3.63, 3.8) is 0 Å². The van der Waals surface area contributed by atoms with Crippen LogP contribution < -0.4 is 5.14 Å². The van der Waals surface area contributed by atoms with Crippen LogP contribution in [-0.4, -0.2) is 51.8 Å². The van der Waals surface area contributed by atoms with Gasteiger partial charge in [-0.2, -0.15) is 13.5 Å². The van der Waals surface area contributed by atoms with Crippen LogP contribution in [0.15, 0.2) is 47.3 Å². The fraction of sp³-hybridized carbons (Fsp3) is 0.391. The van der Waals surface area contributed by atoms with Gasteiger partial charge in [0, 0.05) is 22.3 Å². The molecule has 3 aromatic rings. The van der Waals surface area contributed by atoms with Crippen LogP contribution in [0.25, 0.3) is 0 Å². The number of nitrogens with two attached hydrogens (primary N) is 1. The normalized spacial score (nSPS) is 20.3. The van der Waals surface area contributed by atoms with Crippen LogP contribution in [0, 0.1) is 18.8 Å². The number of ketones is 1. The number of halogens is 1. The van der Waals surface area contributed by atoms with Crippen LogP contribution in [0.3, 0.4) is 0 Å². The van der Waals surface area contributed by atoms with Gasteiger partial charge < -0.3 is 5.11 Å². The smallest absolute Gasteiger partial charge is 0.333 e. The maximum atomic E-state index is 13.3. The van der Waals surface area contributed by atoms with Crippen molar-refractivity contribution in [1.82, 2.24) is 19.7 Å². The third kappa shape index (κ3) is 6.58. The predicted octanol–water partition coefficient (Wildman–Crippen LogP) is 2.17. The van der Waals surface area contributed by atoms with E-state index in [0.717, 1.165) is 15.7 Å². The lowest BCUT2D eigenvalue weighted by atomic mass is 9.96. The standard InChI is InChI=1S/C23H26BrN5O5S/c1-14-5-21(28-29(14)11-15-3-2-4-18(24)7-15)23(31)19-10-26-13-27-20(19)8-16-6-17(22(30)9-16)12-34-35(25,32)33/h2-5,7,10,13,16-17,22,30H,6,8-9,11-12H2,1H3,(H2,25,32,33)/t16-,17-,22-/m0/s1. The molecule has 0 saturated heterocycles. The third-order valence-electron chi connectivity index (χ3n) is 6.16. The van der Waals surface area contributed by atoms with E-state index in [1.54, 1.807) is 10.7 Å². The number of benzene rings is 1. The molecule has 3 atom stereocenters. The minimum absolute atomic E-state index is 0.00338. The summed E-state index contributed by atoms with van der Waals surface area (Å²) in [7, 11) is -4.07. The molecule has 0 spiro atoms. The monoisotopic (exact) mass is 563 g/mol. The summed E-state index contributed by atoms with van der Waals surface area (Å²) in [5.74, 6) is -0.642. The summed E-state index contributed by atoms with van der Waals surface area (Å²) in [6.07, 6.45) is 3.55. The molecule has 4 rings (SSSR count). The van der Waals surface area contributed by atoms with Crippen molar-refractivity contribution in [1.29, 1.82) is 0 Å². The van der Waals surface area contributed by atoms with Crippen LogP contribution in [0.2, 0.25) is 0 Å². The molecule has 1 aliphatic carbocycles. The fourth-order valence-corrected chi connectivity index (χ4v) is 5.26. The Morgan fingerprint density at radius 2 is 2.11 bits per heavy atom. The minimum atomic E-state index is -4.07. The zero-order chi connectivity index (χ0) is 25.2. The first-order valence-corrected chi connectivity index (χ1v) is 13.3. The van der Waals surface area contributed by atoms with Crippen LogP contribution in [0.5, 0.6) is 0 Å². The first-order chi connectivity index (χ1) is 16.6. The molecule has 0 bridgehead atoms. The van der Waals surface area contributed by atoms with Crippen molar-refractivity contribution in [2.24, 2.45) is 17.0 Å². The van der Waals surface area contributed by atoms with E-state index in [4.69, 9.17) is 5.14 Å². The van der Waals surface area contributed by atoms with E-state index in [1.165, 1.54) is 12.5 Å². The van der Waals surface area contributed by atoms with Crippen LogP contribution >= 0.6 is 15.9 Å². The van der Waals surface area contributed by atoms with E-state index in [1.807, 2.05) is 31.2 Å². The minimum Gasteiger partial charge on any atom is -0.393 e. The maximum absolute atomic E-state index is 13.3. The molecule has 186 valence electrons. The zero-order valence-electron chi connectivity index (χ0n) is 19.0. The molecule has 0 radical (unpaired) electrons. The number of nitrogens with zero attached hydrogens (tertiary/aromatic N) is 4. The molecular formula is C23H26BrN5O5S. The highest BCUT2D eigenvalue weighted by atomic mass is 79.9. The average Bonchev–Trinajstić information content (AvgIpc) is 3.33. The van der Waals surface area contributed by atoms with Gasteiger partial charge in [0.1, 0.15) is 12.0 Å². The molecule has 2 heterocycles. The zero-order valence-corrected chi connectivity index (χ0v) is 21.4. The lowest BCUT2D eigenvalue weighted by molar-refractivity contribution is 0.100. The Hall–Kier alpha value is -2.51. The number of carbonyl (C=O) groups is 1. The van der Waals surface area contributed by atoms with Gasteiger partial charge in [-0.1, -0.05) is 28.1 Å². The summed E-state index contributed by atoms with van der Waals surface area (Å²) < 4.78 is 29.6. The van der Waals surface area contributed by atoms with Crippen molar-refractivity contribution in [2.45, 2.75) is 38.8 Å². The molecule has 3 N–H and O–H groups in total. The van der Waals surface area contributed by atoms with Crippen molar-refractivity contribution in [3.05, 3.63) is 75.5 Å². The van der Waals surface area contributed by atoms with E-state index in [0.29, 0.717) is 42.8 Å². The first-order valence-electron chi connectivity index (χ1n) is 11.1. The Kier molecular flexibility index (Phi) is 7.77. The van der Waals surface area contributed by atoms with Crippen molar-refractivity contribution in [3.8, 4) is 0 Å². The van der Waals surface area contributed by atoms with Gasteiger partial charge in [-0.15, -0.1) is 0 Å². The summed E-state index contributed by atoms with van der Waals surface area (Å²) in [6, 6.07) is 9.64. The molecule has 0 aliphatic heterocycles. The number of carbonyl (C=O) groups excluding carboxylic acids is 1. The van der Waals surface area contributed by atoms with Gasteiger partial charge in [0.2, 0.25) is 5.78 Å². The largest absolute Gasteiger partial charge is 0.393 e. The van der Waals surface area contributed by atoms with Gasteiger partial charge in [-0.05, 0) is 55.9 Å². The van der Waals surface area contributed by atoms with E-state index >= 15 is 0 Å². The maximum Gasteiger partial charge on any atom is 0.333 e. The summed E-state index contributed by atoms with van der Waals surface area (Å²) in [5, 5.41) is 19.7. The Bertz CT molecular complexity index is 1330. The second-order valence-corrected chi connectivity index (χ2v) is 11.0. The average molecular weight is 564 g/mol. The second kappa shape index (κ2) is 10.6. The highest BCUT2D eigenvalue weighted by molar-refractivity contribution is 9.10. The molecule has 35 heavy (non-hydrogen) atoms. The SMILES string of the molecule is Cc1cc(C(=O)c2cncnc2C[C@@H]2C[C@@H](COS(N)(=O)=O)[C@@H](O)C2)nn1Cc1cccc(Br)c1. The Morgan fingerprint density at radius 3 is 2.86 bits per heavy atom. The third-order valence-corrected chi connectivity index (χ3v) is 7.12. The summed E-state index contributed by atoms with van der Waals surface area (Å²) in [5.41, 5.74) is 3.13. The number of aromatic nitrogens is 4. The molecule has 0 amide bonds. The van der Waals surface area contributed by atoms with Crippen molar-refractivity contribution in [2.75, 3.05) is 6.61 Å². The van der Waals surface area contributed by atoms with Gasteiger partial charge >= 0.3 is 10.3 Å². The Morgan fingerprint density at radius 1 is 1.31 bits per heavy atom. The van der Waals surface area contributed by atoms with Crippen molar-refractivity contribution >= 4 is 32.0 Å². The highest BCUT2D eigenvalue weighted by Gasteiger charge is 2.35. The quantitative estimate of drug-likeness (QED) is 0.376. The fourth-order valence-electron chi connectivity index (χ4n) is 4.45. The second-order valence-electron chi connectivity index (χ2n) is 8.82. The molecule has 1 aromatic carbocycles. The number of aryl methyl sites for hydroxylation is 1. The molecule has 1 fully saturated rings. The van der Waals surface area contributed by atoms with E-state index < -0.39 is 16.4 Å². The lowest BCUT2D eigenvalue weighted by Crippen LogP contribution is -2.24. The van der Waals surface area contributed by atoms with Gasteiger partial charge in [0.25, 0.3) is 0 Å². The highest BCUT2D eigenvalue weighted by Crippen LogP contribution is 2.34. The van der Waals surface area contributed by atoms with Gasteiger partial charge in [0.05, 0.1) is 30.5 Å². The summed E-state index contributed by atoms with van der Waals surface area (Å²) in [6.45, 7) is 2.24. The van der Waals surface area contributed by atoms with E-state index in [-0.39, 0.29) is 24.2 Å². The topological polar surface area (TPSA) is 150 Å². The van der Waals surface area contributed by atoms with Crippen LogP contribution in [-0.2, 0) is 27.5 Å². The number of rotatable bonds is 9. The molecule has 2 aromatic heterocycles. The predicted molar refractivity (Wildman–Crippen MR) is 131 cm³/mol. The van der Waals surface area contributed by atoms with Gasteiger partial charge in [-0.3, -0.25) is 13.7 Å². The van der Waals surface area contributed by atoms with E-state index in [9.17, 15) is 18.3 Å². The van der Waals surface area contributed by atoms with Crippen molar-refractivity contribution < 1.29 is 22.5 Å². The molecule has 1 saturated carbocycles. The van der Waals surface area contributed by atoms with E-state index in [2.05, 4.69) is 35.2 Å². The Balaban J connectivity index is 1.48. The lowest BCUT2D eigenvalue weighted by Gasteiger charge is -2.13. The number of aliphatic hydroxyl groups is 1. The van der Waals surface area contributed by atoms with Crippen LogP contribution in [0.4, 0.5) is 0 Å². The molecule has 1 aliphatic rings. The molecule has 10 nitrogen and oxygen atoms in total. The van der Waals surface area contributed by atoms with Gasteiger partial charge in [-0.25, -0.2) is 15.1 Å². The molecular weight excluding hydrogens is 538 g/mol. The summed E-state index contributed by atoms with van der Waals surface area (Å²) >= 11 is 3.47. The first kappa shape index (κ1) is 25.6. The van der Waals surface area contributed by atoms with Gasteiger partial charge in [0.15, 0.2) is 0 Å². The summed E-state index contributed by atoms with van der Waals surface area (Å²) in [4.78, 5) is 21.7. The number of hydrogen-bond donors (Lipinski definition) is 2.